The van der Waals surface area contributed by atoms with Crippen molar-refractivity contribution in [1.29, 1.82) is 0 Å². The van der Waals surface area contributed by atoms with E-state index in [2.05, 4.69) is 15.1 Å². The Hall–Kier alpha value is -3.01. The monoisotopic (exact) mass is 713 g/mol. The van der Waals surface area contributed by atoms with Gasteiger partial charge in [0.1, 0.15) is 5.56 Å². The fraction of sp³-hybridized carbons (Fsp3) is 0.676. The van der Waals surface area contributed by atoms with Crippen LogP contribution in [0.4, 0.5) is 13.2 Å². The fourth-order valence-corrected chi connectivity index (χ4v) is 8.25. The number of sulfonamides is 1. The molecule has 3 aliphatic rings. The molecule has 11 nitrogen and oxygen atoms in total. The molecule has 2 bridgehead atoms. The van der Waals surface area contributed by atoms with Gasteiger partial charge in [0, 0.05) is 50.3 Å². The Bertz CT molecular complexity index is 1590. The van der Waals surface area contributed by atoms with Gasteiger partial charge in [0.15, 0.2) is 0 Å². The lowest BCUT2D eigenvalue weighted by Crippen LogP contribution is -2.51. The second kappa shape index (κ2) is 16.8. The molecular formula is C34H50F3N5O6S. The lowest BCUT2D eigenvalue weighted by atomic mass is 9.96. The Morgan fingerprint density at radius 3 is 2.04 bits per heavy atom. The van der Waals surface area contributed by atoms with E-state index < -0.39 is 22.2 Å². The van der Waals surface area contributed by atoms with Gasteiger partial charge in [0.05, 0.1) is 11.8 Å². The molecule has 274 valence electrons. The number of fused-ring (bicyclic) bond motifs is 3. The maximum absolute atomic E-state index is 13.4. The molecule has 0 radical (unpaired) electrons. The van der Waals surface area contributed by atoms with E-state index in [-0.39, 0.29) is 29.1 Å². The Balaban J connectivity index is 0.000000698. The average molecular weight is 714 g/mol. The predicted octanol–water partition coefficient (Wildman–Crippen LogP) is 4.47. The van der Waals surface area contributed by atoms with E-state index in [0.29, 0.717) is 25.2 Å². The van der Waals surface area contributed by atoms with E-state index in [0.717, 1.165) is 49.9 Å². The van der Waals surface area contributed by atoms with Crippen LogP contribution in [0.15, 0.2) is 35.1 Å². The highest BCUT2D eigenvalue weighted by molar-refractivity contribution is 7.88. The van der Waals surface area contributed by atoms with Crippen LogP contribution in [0.25, 0.3) is 10.9 Å². The molecule has 15 heteroatoms. The smallest absolute Gasteiger partial charge is 0.475 e. The number of rotatable bonds is 12. The SMILES string of the molecule is CC(C)n1c(=O)c(C(=O)NC2C[C@H]3CC[C@@H](C2)N3CCCCCCCN2CCN(S(C)(=O)=O)CC2)cc2ccccc21.O=C(O)C(F)(F)F. The number of alkyl halides is 3. The first-order chi connectivity index (χ1) is 23.1. The van der Waals surface area contributed by atoms with E-state index in [4.69, 9.17) is 9.90 Å². The first kappa shape index (κ1) is 38.8. The first-order valence-corrected chi connectivity index (χ1v) is 19.1. The number of amides is 1. The summed E-state index contributed by atoms with van der Waals surface area (Å²) in [6.07, 6.45) is 6.61. The molecule has 1 unspecified atom stereocenters. The van der Waals surface area contributed by atoms with Crippen molar-refractivity contribution in [2.24, 2.45) is 0 Å². The molecule has 49 heavy (non-hydrogen) atoms. The number of hydrogen-bond acceptors (Lipinski definition) is 7. The third-order valence-electron chi connectivity index (χ3n) is 9.86. The van der Waals surface area contributed by atoms with Crippen molar-refractivity contribution in [2.75, 3.05) is 45.5 Å². The molecule has 2 aromatic rings. The third kappa shape index (κ3) is 10.5. The summed E-state index contributed by atoms with van der Waals surface area (Å²) in [6.45, 7) is 9.06. The quantitative estimate of drug-likeness (QED) is 0.308. The summed E-state index contributed by atoms with van der Waals surface area (Å²) in [7, 11) is -3.06. The lowest BCUT2D eigenvalue weighted by Gasteiger charge is -2.39. The molecule has 0 aliphatic carbocycles. The standard InChI is InChI=1S/C32H49N5O4S.C2HF3O2/c1-24(2)37-30-12-8-7-11-25(30)21-29(32(37)39)31(38)33-26-22-27-13-14-28(23-26)36(27)16-10-6-4-5-9-15-34-17-19-35(20-18-34)42(3,40)41;3-2(4,5)1(6)7/h7-8,11-12,21,24,26-28H,4-6,9-10,13-20,22-23H2,1-3H3,(H,33,38);(H,6,7)/t26?,27-,28+;. The molecule has 4 heterocycles. The largest absolute Gasteiger partial charge is 0.490 e. The minimum atomic E-state index is -5.08. The van der Waals surface area contributed by atoms with Crippen LogP contribution in [0.3, 0.4) is 0 Å². The molecule has 3 fully saturated rings. The van der Waals surface area contributed by atoms with Gasteiger partial charge >= 0.3 is 12.1 Å². The van der Waals surface area contributed by atoms with Gasteiger partial charge in [-0.1, -0.05) is 37.5 Å². The fourth-order valence-electron chi connectivity index (χ4n) is 7.43. The molecule has 0 saturated carbocycles. The number of piperazine rings is 1. The number of carbonyl (C=O) groups excluding carboxylic acids is 1. The van der Waals surface area contributed by atoms with Crippen molar-refractivity contribution in [3.05, 3.63) is 46.2 Å². The summed E-state index contributed by atoms with van der Waals surface area (Å²) < 4.78 is 58.4. The number of nitrogens with one attached hydrogen (secondary N) is 1. The van der Waals surface area contributed by atoms with Crippen LogP contribution in [0.1, 0.15) is 88.0 Å². The minimum absolute atomic E-state index is 0.0286. The second-order valence-corrected chi connectivity index (χ2v) is 15.7. The third-order valence-corrected chi connectivity index (χ3v) is 11.2. The topological polar surface area (TPSA) is 132 Å². The number of hydrogen-bond donors (Lipinski definition) is 2. The molecule has 2 N–H and O–H groups in total. The van der Waals surface area contributed by atoms with Gasteiger partial charge in [-0.05, 0) is 83.0 Å². The number of aromatic nitrogens is 1. The van der Waals surface area contributed by atoms with Crippen molar-refractivity contribution in [1.82, 2.24) is 24.0 Å². The average Bonchev–Trinajstić information content (AvgIpc) is 3.26. The van der Waals surface area contributed by atoms with E-state index in [1.807, 2.05) is 38.1 Å². The molecular weight excluding hydrogens is 663 g/mol. The number of halogens is 3. The number of carboxylic acid groups (broad SMARTS) is 1. The number of aliphatic carboxylic acids is 1. The highest BCUT2D eigenvalue weighted by Gasteiger charge is 2.41. The first-order valence-electron chi connectivity index (χ1n) is 17.2. The molecule has 3 saturated heterocycles. The summed E-state index contributed by atoms with van der Waals surface area (Å²) in [5.41, 5.74) is 0.898. The summed E-state index contributed by atoms with van der Waals surface area (Å²) in [4.78, 5) is 40.6. The highest BCUT2D eigenvalue weighted by Crippen LogP contribution is 2.36. The number of pyridine rings is 1. The molecule has 0 spiro atoms. The van der Waals surface area contributed by atoms with Gasteiger partial charge in [-0.25, -0.2) is 13.2 Å². The van der Waals surface area contributed by atoms with Crippen LogP contribution < -0.4 is 10.9 Å². The summed E-state index contributed by atoms with van der Waals surface area (Å²) in [6, 6.07) is 10.7. The zero-order valence-electron chi connectivity index (χ0n) is 28.6. The van der Waals surface area contributed by atoms with Crippen LogP contribution in [-0.4, -0.2) is 114 Å². The Labute approximate surface area is 286 Å². The summed E-state index contributed by atoms with van der Waals surface area (Å²) >= 11 is 0. The van der Waals surface area contributed by atoms with Crippen molar-refractivity contribution in [2.45, 2.75) is 102 Å². The number of carboxylic acids is 1. The van der Waals surface area contributed by atoms with Gasteiger partial charge in [-0.2, -0.15) is 17.5 Å². The van der Waals surface area contributed by atoms with Crippen molar-refractivity contribution < 1.29 is 36.3 Å². The van der Waals surface area contributed by atoms with Crippen molar-refractivity contribution >= 4 is 32.8 Å². The van der Waals surface area contributed by atoms with Crippen molar-refractivity contribution in [3.63, 3.8) is 0 Å². The number of carbonyl (C=O) groups is 2. The summed E-state index contributed by atoms with van der Waals surface area (Å²) in [5.74, 6) is -3.00. The number of benzene rings is 1. The van der Waals surface area contributed by atoms with Crippen LogP contribution in [-0.2, 0) is 14.8 Å². The summed E-state index contributed by atoms with van der Waals surface area (Å²) in [5, 5.41) is 11.3. The van der Waals surface area contributed by atoms with E-state index in [1.165, 1.54) is 51.2 Å². The Kier molecular flexibility index (Phi) is 13.3. The normalized spacial score (nSPS) is 22.2. The van der Waals surface area contributed by atoms with E-state index in [9.17, 15) is 31.2 Å². The maximum Gasteiger partial charge on any atom is 0.490 e. The van der Waals surface area contributed by atoms with Crippen LogP contribution in [0, 0.1) is 0 Å². The van der Waals surface area contributed by atoms with Gasteiger partial charge in [0.25, 0.3) is 11.5 Å². The van der Waals surface area contributed by atoms with E-state index in [1.54, 1.807) is 14.9 Å². The van der Waals surface area contributed by atoms with Gasteiger partial charge in [-0.3, -0.25) is 14.5 Å². The maximum atomic E-state index is 13.4. The number of unbranched alkanes of at least 4 members (excludes halogenated alkanes) is 4. The van der Waals surface area contributed by atoms with Gasteiger partial charge < -0.3 is 19.9 Å². The number of piperidine rings is 1. The minimum Gasteiger partial charge on any atom is -0.475 e. The molecule has 1 aromatic heterocycles. The lowest BCUT2D eigenvalue weighted by molar-refractivity contribution is -0.192. The van der Waals surface area contributed by atoms with Crippen LogP contribution >= 0.6 is 0 Å². The number of nitrogens with zero attached hydrogens (tertiary/aromatic N) is 4. The van der Waals surface area contributed by atoms with Crippen LogP contribution in [0.5, 0.6) is 0 Å². The van der Waals surface area contributed by atoms with Crippen molar-refractivity contribution in [3.8, 4) is 0 Å². The number of para-hydroxylation sites is 1. The van der Waals surface area contributed by atoms with Gasteiger partial charge in [-0.15, -0.1) is 0 Å². The zero-order valence-corrected chi connectivity index (χ0v) is 29.4. The molecule has 5 rings (SSSR count). The second-order valence-electron chi connectivity index (χ2n) is 13.7. The predicted molar refractivity (Wildman–Crippen MR) is 182 cm³/mol. The molecule has 1 aromatic carbocycles. The Morgan fingerprint density at radius 1 is 0.939 bits per heavy atom. The van der Waals surface area contributed by atoms with Crippen LogP contribution in [0.2, 0.25) is 0 Å². The molecule has 3 aliphatic heterocycles. The molecule has 3 atom stereocenters. The Morgan fingerprint density at radius 2 is 1.49 bits per heavy atom. The zero-order chi connectivity index (χ0) is 35.9. The van der Waals surface area contributed by atoms with Gasteiger partial charge in [0.2, 0.25) is 10.0 Å². The highest BCUT2D eigenvalue weighted by atomic mass is 32.2. The molecule has 1 amide bonds. The van der Waals surface area contributed by atoms with E-state index >= 15 is 0 Å².